The maximum atomic E-state index is 13.4. The highest BCUT2D eigenvalue weighted by Crippen LogP contribution is 2.25. The van der Waals surface area contributed by atoms with Crippen LogP contribution in [0.1, 0.15) is 5.56 Å². The average Bonchev–Trinajstić information content (AvgIpc) is 2.48. The van der Waals surface area contributed by atoms with Gasteiger partial charge in [0.1, 0.15) is 18.2 Å². The fraction of sp³-hybridized carbons (Fsp3) is 0.0769. The second-order valence-electron chi connectivity index (χ2n) is 4.11. The summed E-state index contributed by atoms with van der Waals surface area (Å²) in [7, 11) is 0. The van der Waals surface area contributed by atoms with Crippen LogP contribution in [0.2, 0.25) is 0 Å². The Hall–Kier alpha value is -2.19. The molecule has 0 radical (unpaired) electrons. The standard InChI is InChI=1S/C13H11BrFN3O3/c14-11-3-2-10(6-12(11)15)21-7-8-5-9(18(19)20)1-4-13(8)17-16/h1-6,17H,7,16H2. The number of hydrogen-bond donors (Lipinski definition) is 2. The first-order chi connectivity index (χ1) is 10.0. The Morgan fingerprint density at radius 2 is 2.10 bits per heavy atom. The van der Waals surface area contributed by atoms with Crippen molar-refractivity contribution < 1.29 is 14.1 Å². The highest BCUT2D eigenvalue weighted by Gasteiger charge is 2.11. The Morgan fingerprint density at radius 3 is 2.71 bits per heavy atom. The number of hydrogen-bond acceptors (Lipinski definition) is 5. The molecule has 0 aromatic heterocycles. The van der Waals surface area contributed by atoms with E-state index in [0.717, 1.165) is 0 Å². The summed E-state index contributed by atoms with van der Waals surface area (Å²) in [5.74, 6) is 5.20. The van der Waals surface area contributed by atoms with Crippen LogP contribution in [-0.2, 0) is 6.61 Å². The van der Waals surface area contributed by atoms with Gasteiger partial charge in [0.25, 0.3) is 5.69 Å². The topological polar surface area (TPSA) is 90.4 Å². The van der Waals surface area contributed by atoms with Gasteiger partial charge in [0.2, 0.25) is 0 Å². The number of nitro benzene ring substituents is 1. The molecule has 0 atom stereocenters. The van der Waals surface area contributed by atoms with Crippen LogP contribution in [0.15, 0.2) is 40.9 Å². The maximum absolute atomic E-state index is 13.4. The summed E-state index contributed by atoms with van der Waals surface area (Å²) in [6, 6.07) is 8.48. The Morgan fingerprint density at radius 1 is 1.33 bits per heavy atom. The average molecular weight is 356 g/mol. The van der Waals surface area contributed by atoms with Gasteiger partial charge < -0.3 is 10.2 Å². The van der Waals surface area contributed by atoms with Crippen molar-refractivity contribution in [3.63, 3.8) is 0 Å². The summed E-state index contributed by atoms with van der Waals surface area (Å²) in [5, 5.41) is 10.8. The Kier molecular flexibility index (Phi) is 4.71. The molecule has 0 spiro atoms. The fourth-order valence-corrected chi connectivity index (χ4v) is 1.93. The number of nitrogens with zero attached hydrogens (tertiary/aromatic N) is 1. The number of halogens is 2. The van der Waals surface area contributed by atoms with Gasteiger partial charge >= 0.3 is 0 Å². The molecule has 0 saturated heterocycles. The van der Waals surface area contributed by atoms with E-state index in [4.69, 9.17) is 10.6 Å². The van der Waals surface area contributed by atoms with Crippen LogP contribution in [0.3, 0.4) is 0 Å². The SMILES string of the molecule is NNc1ccc([N+](=O)[O-])cc1COc1ccc(Br)c(F)c1. The Balaban J connectivity index is 2.19. The summed E-state index contributed by atoms with van der Waals surface area (Å²) in [5.41, 5.74) is 3.35. The molecule has 0 aliphatic rings. The van der Waals surface area contributed by atoms with E-state index in [9.17, 15) is 14.5 Å². The van der Waals surface area contributed by atoms with Crippen molar-refractivity contribution in [2.75, 3.05) is 5.43 Å². The van der Waals surface area contributed by atoms with Gasteiger partial charge in [-0.15, -0.1) is 0 Å². The fourth-order valence-electron chi connectivity index (χ4n) is 1.68. The predicted octanol–water partition coefficient (Wildman–Crippen LogP) is 3.36. The summed E-state index contributed by atoms with van der Waals surface area (Å²) in [6.07, 6.45) is 0. The third kappa shape index (κ3) is 3.67. The van der Waals surface area contributed by atoms with Gasteiger partial charge in [-0.3, -0.25) is 16.0 Å². The largest absolute Gasteiger partial charge is 0.489 e. The van der Waals surface area contributed by atoms with Crippen molar-refractivity contribution >= 4 is 27.3 Å². The third-order valence-corrected chi connectivity index (χ3v) is 3.38. The predicted molar refractivity (Wildman–Crippen MR) is 79.3 cm³/mol. The van der Waals surface area contributed by atoms with Crippen LogP contribution < -0.4 is 16.0 Å². The lowest BCUT2D eigenvalue weighted by Gasteiger charge is -2.11. The van der Waals surface area contributed by atoms with E-state index in [1.807, 2.05) is 0 Å². The molecule has 21 heavy (non-hydrogen) atoms. The quantitative estimate of drug-likeness (QED) is 0.487. The van der Waals surface area contributed by atoms with Crippen LogP contribution in [0.4, 0.5) is 15.8 Å². The zero-order valence-corrected chi connectivity index (χ0v) is 12.3. The minimum absolute atomic E-state index is 0.0162. The Bertz CT molecular complexity index is 682. The lowest BCUT2D eigenvalue weighted by atomic mass is 10.1. The van der Waals surface area contributed by atoms with Crippen LogP contribution in [0.25, 0.3) is 0 Å². The molecule has 6 nitrogen and oxygen atoms in total. The molecule has 0 amide bonds. The molecule has 0 heterocycles. The van der Waals surface area contributed by atoms with E-state index in [1.165, 1.54) is 30.3 Å². The van der Waals surface area contributed by atoms with Gasteiger partial charge in [-0.25, -0.2) is 4.39 Å². The van der Waals surface area contributed by atoms with Crippen molar-refractivity contribution in [2.45, 2.75) is 6.61 Å². The van der Waals surface area contributed by atoms with Crippen molar-refractivity contribution in [1.29, 1.82) is 0 Å². The maximum Gasteiger partial charge on any atom is 0.269 e. The molecule has 2 aromatic rings. The molecule has 0 unspecified atom stereocenters. The van der Waals surface area contributed by atoms with Gasteiger partial charge in [-0.1, -0.05) is 0 Å². The Labute approximate surface area is 128 Å². The van der Waals surface area contributed by atoms with Crippen LogP contribution >= 0.6 is 15.9 Å². The van der Waals surface area contributed by atoms with Gasteiger partial charge in [0.05, 0.1) is 15.1 Å². The number of nitrogen functional groups attached to an aromatic ring is 1. The number of non-ortho nitro benzene ring substituents is 1. The molecule has 0 aliphatic carbocycles. The second kappa shape index (κ2) is 6.51. The van der Waals surface area contributed by atoms with Crippen molar-refractivity contribution in [1.82, 2.24) is 0 Å². The zero-order chi connectivity index (χ0) is 15.4. The van der Waals surface area contributed by atoms with Crippen LogP contribution in [-0.4, -0.2) is 4.92 Å². The molecule has 110 valence electrons. The number of ether oxygens (including phenoxy) is 1. The monoisotopic (exact) mass is 355 g/mol. The summed E-state index contributed by atoms with van der Waals surface area (Å²) in [6.45, 7) is 0.0162. The van der Waals surface area contributed by atoms with Crippen LogP contribution in [0.5, 0.6) is 5.75 Å². The number of benzene rings is 2. The first-order valence-electron chi connectivity index (χ1n) is 5.83. The van der Waals surface area contributed by atoms with E-state index in [2.05, 4.69) is 21.4 Å². The van der Waals surface area contributed by atoms with Crippen molar-refractivity contribution in [3.8, 4) is 5.75 Å². The van der Waals surface area contributed by atoms with E-state index >= 15 is 0 Å². The molecule has 0 fully saturated rings. The molecule has 0 bridgehead atoms. The molecular weight excluding hydrogens is 345 g/mol. The molecule has 2 rings (SSSR count). The lowest BCUT2D eigenvalue weighted by Crippen LogP contribution is -2.10. The number of nitrogens with one attached hydrogen (secondary N) is 1. The summed E-state index contributed by atoms with van der Waals surface area (Å²) < 4.78 is 19.1. The smallest absolute Gasteiger partial charge is 0.269 e. The van der Waals surface area contributed by atoms with Gasteiger partial charge in [-0.2, -0.15) is 0 Å². The first-order valence-corrected chi connectivity index (χ1v) is 6.62. The molecule has 0 saturated carbocycles. The molecular formula is C13H11BrFN3O3. The highest BCUT2D eigenvalue weighted by molar-refractivity contribution is 9.10. The molecule has 8 heteroatoms. The molecule has 3 N–H and O–H groups in total. The number of rotatable bonds is 5. The van der Waals surface area contributed by atoms with E-state index in [0.29, 0.717) is 21.5 Å². The van der Waals surface area contributed by atoms with Gasteiger partial charge in [0, 0.05) is 23.8 Å². The number of hydrazine groups is 1. The number of nitrogens with two attached hydrogens (primary N) is 1. The lowest BCUT2D eigenvalue weighted by molar-refractivity contribution is -0.384. The number of nitro groups is 1. The zero-order valence-electron chi connectivity index (χ0n) is 10.7. The minimum Gasteiger partial charge on any atom is -0.489 e. The highest BCUT2D eigenvalue weighted by atomic mass is 79.9. The first kappa shape index (κ1) is 15.2. The summed E-state index contributed by atoms with van der Waals surface area (Å²) in [4.78, 5) is 10.3. The summed E-state index contributed by atoms with van der Waals surface area (Å²) >= 11 is 3.04. The second-order valence-corrected chi connectivity index (χ2v) is 4.96. The van der Waals surface area contributed by atoms with E-state index in [-0.39, 0.29) is 12.3 Å². The molecule has 0 aliphatic heterocycles. The number of anilines is 1. The van der Waals surface area contributed by atoms with Crippen LogP contribution in [0, 0.1) is 15.9 Å². The van der Waals surface area contributed by atoms with Crippen molar-refractivity contribution in [2.24, 2.45) is 5.84 Å². The van der Waals surface area contributed by atoms with Crippen molar-refractivity contribution in [3.05, 3.63) is 62.4 Å². The molecule has 2 aromatic carbocycles. The van der Waals surface area contributed by atoms with E-state index < -0.39 is 10.7 Å². The van der Waals surface area contributed by atoms with E-state index in [1.54, 1.807) is 6.07 Å². The third-order valence-electron chi connectivity index (χ3n) is 2.74. The minimum atomic E-state index is -0.511. The van der Waals surface area contributed by atoms with Gasteiger partial charge in [-0.05, 0) is 34.1 Å². The normalized spacial score (nSPS) is 10.2. The van der Waals surface area contributed by atoms with Gasteiger partial charge in [0.15, 0.2) is 0 Å².